The molecule has 1 aliphatic heterocycles. The highest BCUT2D eigenvalue weighted by atomic mass is 19.4. The number of amides is 1. The molecule has 0 bridgehead atoms. The Balaban J connectivity index is 1.93. The molecule has 0 saturated heterocycles. The van der Waals surface area contributed by atoms with Crippen LogP contribution in [0.5, 0.6) is 0 Å². The molecule has 7 heteroatoms. The molecule has 3 N–H and O–H groups in total. The molecule has 0 fully saturated rings. The lowest BCUT2D eigenvalue weighted by Crippen LogP contribution is -2.38. The molecule has 1 aliphatic rings. The number of nitrogens with zero attached hydrogens (tertiary/aromatic N) is 1. The van der Waals surface area contributed by atoms with E-state index in [1.165, 1.54) is 17.9 Å². The largest absolute Gasteiger partial charge is 0.416 e. The van der Waals surface area contributed by atoms with Gasteiger partial charge in [-0.1, -0.05) is 30.3 Å². The predicted octanol–water partition coefficient (Wildman–Crippen LogP) is 4.05. The van der Waals surface area contributed by atoms with E-state index >= 15 is 0 Å². The zero-order chi connectivity index (χ0) is 19.6. The van der Waals surface area contributed by atoms with Crippen LogP contribution in [0.25, 0.3) is 5.70 Å². The van der Waals surface area contributed by atoms with Crippen molar-refractivity contribution in [3.63, 3.8) is 0 Å². The molecule has 1 unspecified atom stereocenters. The number of carbonyl (C=O) groups is 1. The molecule has 2 aromatic carbocycles. The van der Waals surface area contributed by atoms with Crippen LogP contribution in [-0.2, 0) is 11.0 Å². The monoisotopic (exact) mass is 375 g/mol. The molecule has 0 saturated carbocycles. The molecule has 0 aromatic heterocycles. The van der Waals surface area contributed by atoms with Crippen LogP contribution in [0.15, 0.2) is 54.7 Å². The molecule has 1 atom stereocenters. The van der Waals surface area contributed by atoms with Crippen molar-refractivity contribution in [2.45, 2.75) is 25.6 Å². The van der Waals surface area contributed by atoms with Crippen LogP contribution in [0.3, 0.4) is 0 Å². The fourth-order valence-corrected chi connectivity index (χ4v) is 3.19. The van der Waals surface area contributed by atoms with Gasteiger partial charge in [0.05, 0.1) is 17.3 Å². The Morgan fingerprint density at radius 1 is 1.22 bits per heavy atom. The second-order valence-electron chi connectivity index (χ2n) is 6.42. The van der Waals surface area contributed by atoms with E-state index in [0.717, 1.165) is 17.7 Å². The van der Waals surface area contributed by atoms with Crippen molar-refractivity contribution in [2.75, 3.05) is 11.4 Å². The second-order valence-corrected chi connectivity index (χ2v) is 6.42. The molecule has 142 valence electrons. The summed E-state index contributed by atoms with van der Waals surface area (Å²) in [6, 6.07) is 12.4. The van der Waals surface area contributed by atoms with E-state index in [0.29, 0.717) is 29.9 Å². The first kappa shape index (κ1) is 18.8. The maximum absolute atomic E-state index is 13.1. The van der Waals surface area contributed by atoms with Crippen molar-refractivity contribution >= 4 is 17.3 Å². The number of halogens is 3. The van der Waals surface area contributed by atoms with Crippen LogP contribution in [0, 0.1) is 0 Å². The van der Waals surface area contributed by atoms with Gasteiger partial charge in [-0.25, -0.2) is 0 Å². The topological polar surface area (TPSA) is 58.4 Å². The average molecular weight is 375 g/mol. The predicted molar refractivity (Wildman–Crippen MR) is 98.6 cm³/mol. The van der Waals surface area contributed by atoms with Crippen LogP contribution in [-0.4, -0.2) is 12.5 Å². The average Bonchev–Trinajstić information content (AvgIpc) is 2.65. The highest BCUT2D eigenvalue weighted by Crippen LogP contribution is 2.39. The van der Waals surface area contributed by atoms with Crippen LogP contribution in [0.2, 0.25) is 0 Å². The summed E-state index contributed by atoms with van der Waals surface area (Å²) in [6.07, 6.45) is -2.36. The van der Waals surface area contributed by atoms with Gasteiger partial charge in [-0.3, -0.25) is 4.79 Å². The Labute approximate surface area is 155 Å². The normalized spacial score (nSPS) is 17.4. The number of nitrogens with two attached hydrogens (primary N) is 1. The molecule has 4 nitrogen and oxygen atoms in total. The lowest BCUT2D eigenvalue weighted by molar-refractivity contribution is -0.137. The third kappa shape index (κ3) is 4.07. The summed E-state index contributed by atoms with van der Waals surface area (Å²) in [4.78, 5) is 13.4. The van der Waals surface area contributed by atoms with E-state index in [9.17, 15) is 18.0 Å². The van der Waals surface area contributed by atoms with Crippen molar-refractivity contribution in [1.29, 1.82) is 0 Å². The minimum Gasteiger partial charge on any atom is -0.397 e. The zero-order valence-corrected chi connectivity index (χ0v) is 14.8. The Kier molecular flexibility index (Phi) is 5.12. The minimum absolute atomic E-state index is 0.200. The molecular weight excluding hydrogens is 355 g/mol. The number of carbonyl (C=O) groups excluding carboxylic acids is 1. The van der Waals surface area contributed by atoms with Gasteiger partial charge < -0.3 is 16.0 Å². The van der Waals surface area contributed by atoms with Gasteiger partial charge in [0.15, 0.2) is 0 Å². The van der Waals surface area contributed by atoms with Crippen LogP contribution in [0.4, 0.5) is 18.9 Å². The Bertz CT molecular complexity index is 863. The Hall–Kier alpha value is -2.96. The summed E-state index contributed by atoms with van der Waals surface area (Å²) >= 11 is 0. The first-order valence-electron chi connectivity index (χ1n) is 8.53. The van der Waals surface area contributed by atoms with Crippen molar-refractivity contribution in [3.05, 3.63) is 71.4 Å². The van der Waals surface area contributed by atoms with Gasteiger partial charge >= 0.3 is 6.18 Å². The number of nitrogens with one attached hydrogen (secondary N) is 1. The van der Waals surface area contributed by atoms with Crippen LogP contribution >= 0.6 is 0 Å². The lowest BCUT2D eigenvalue weighted by atomic mass is 9.94. The van der Waals surface area contributed by atoms with Gasteiger partial charge in [-0.05, 0) is 35.7 Å². The van der Waals surface area contributed by atoms with E-state index in [1.54, 1.807) is 6.20 Å². The smallest absolute Gasteiger partial charge is 0.397 e. The quantitative estimate of drug-likeness (QED) is 0.851. The number of anilines is 1. The van der Waals surface area contributed by atoms with E-state index in [1.807, 2.05) is 30.3 Å². The standard InChI is InChI=1S/C20H20F3N3O/c1-13(27)26-10-9-18(25-12-17(24)14-5-3-2-4-6-14)16-11-15(20(21,22)23)7-8-19(16)26/h2-8,11-12,18,25H,9-10,24H2,1H3/b17-12-. The lowest BCUT2D eigenvalue weighted by Gasteiger charge is -2.34. The molecular formula is C20H20F3N3O. The van der Waals surface area contributed by atoms with Gasteiger partial charge in [-0.2, -0.15) is 13.2 Å². The van der Waals surface area contributed by atoms with Crippen molar-refractivity contribution in [1.82, 2.24) is 5.32 Å². The summed E-state index contributed by atoms with van der Waals surface area (Å²) in [6.45, 7) is 1.83. The fraction of sp³-hybridized carbons (Fsp3) is 0.250. The maximum Gasteiger partial charge on any atom is 0.416 e. The summed E-state index contributed by atoms with van der Waals surface area (Å²) in [7, 11) is 0. The summed E-state index contributed by atoms with van der Waals surface area (Å²) in [5, 5.41) is 3.12. The number of fused-ring (bicyclic) bond motifs is 1. The van der Waals surface area contributed by atoms with Gasteiger partial charge in [0, 0.05) is 25.4 Å². The van der Waals surface area contributed by atoms with E-state index in [4.69, 9.17) is 5.73 Å². The number of hydrogen-bond donors (Lipinski definition) is 2. The van der Waals surface area contributed by atoms with Crippen molar-refractivity contribution < 1.29 is 18.0 Å². The molecule has 27 heavy (non-hydrogen) atoms. The van der Waals surface area contributed by atoms with E-state index in [-0.39, 0.29) is 11.9 Å². The first-order valence-corrected chi connectivity index (χ1v) is 8.53. The van der Waals surface area contributed by atoms with Crippen LogP contribution < -0.4 is 16.0 Å². The highest BCUT2D eigenvalue weighted by molar-refractivity contribution is 5.93. The molecule has 1 heterocycles. The molecule has 2 aromatic rings. The molecule has 0 aliphatic carbocycles. The van der Waals surface area contributed by atoms with Gasteiger partial charge in [0.1, 0.15) is 0 Å². The van der Waals surface area contributed by atoms with Crippen molar-refractivity contribution in [2.24, 2.45) is 5.73 Å². The van der Waals surface area contributed by atoms with E-state index < -0.39 is 11.7 Å². The number of alkyl halides is 3. The molecule has 1 amide bonds. The summed E-state index contributed by atoms with van der Waals surface area (Å²) in [5.41, 5.74) is 7.55. The summed E-state index contributed by atoms with van der Waals surface area (Å²) < 4.78 is 39.4. The van der Waals surface area contributed by atoms with Gasteiger partial charge in [0.2, 0.25) is 5.91 Å². The number of rotatable bonds is 3. The van der Waals surface area contributed by atoms with E-state index in [2.05, 4.69) is 5.32 Å². The molecule has 0 radical (unpaired) electrons. The third-order valence-electron chi connectivity index (χ3n) is 4.59. The third-order valence-corrected chi connectivity index (χ3v) is 4.59. The molecule has 0 spiro atoms. The van der Waals surface area contributed by atoms with Crippen LogP contribution in [0.1, 0.15) is 36.1 Å². The van der Waals surface area contributed by atoms with Gasteiger partial charge in [0.25, 0.3) is 0 Å². The molecule has 3 rings (SSSR count). The Morgan fingerprint density at radius 3 is 2.56 bits per heavy atom. The van der Waals surface area contributed by atoms with Gasteiger partial charge in [-0.15, -0.1) is 0 Å². The Morgan fingerprint density at radius 2 is 1.93 bits per heavy atom. The zero-order valence-electron chi connectivity index (χ0n) is 14.8. The first-order chi connectivity index (χ1) is 12.8. The fourth-order valence-electron chi connectivity index (χ4n) is 3.19. The minimum atomic E-state index is -4.45. The number of benzene rings is 2. The maximum atomic E-state index is 13.1. The summed E-state index contributed by atoms with van der Waals surface area (Å²) in [5.74, 6) is -0.200. The number of hydrogen-bond acceptors (Lipinski definition) is 3. The van der Waals surface area contributed by atoms with Crippen molar-refractivity contribution in [3.8, 4) is 0 Å². The second kappa shape index (κ2) is 7.34. The highest BCUT2D eigenvalue weighted by Gasteiger charge is 2.34. The SMILES string of the molecule is CC(=O)N1CCC(N/C=C(\N)c2ccccc2)c2cc(C(F)(F)F)ccc21.